The highest BCUT2D eigenvalue weighted by Gasteiger charge is 2.12. The molecule has 110 valence electrons. The Hall–Kier alpha value is -1.33. The van der Waals surface area contributed by atoms with Crippen LogP contribution in [0.4, 0.5) is 0 Å². The predicted molar refractivity (Wildman–Crippen MR) is 79.4 cm³/mol. The number of alkyl halides is 1. The maximum absolute atomic E-state index is 5.96. The minimum atomic E-state index is 0.355. The largest absolute Gasteiger partial charge is 0.481 e. The molecular weight excluding hydrogens is 278 g/mol. The summed E-state index contributed by atoms with van der Waals surface area (Å²) in [5.41, 5.74) is 1.62. The molecule has 2 rings (SSSR count). The van der Waals surface area contributed by atoms with Crippen molar-refractivity contribution in [3.8, 4) is 5.88 Å². The zero-order valence-electron chi connectivity index (χ0n) is 11.9. The Morgan fingerprint density at radius 1 is 1.25 bits per heavy atom. The van der Waals surface area contributed by atoms with Gasteiger partial charge in [0.25, 0.3) is 0 Å². The van der Waals surface area contributed by atoms with Crippen LogP contribution in [-0.4, -0.2) is 34.9 Å². The Bertz CT molecular complexity index is 557. The number of imidazole rings is 1. The second kappa shape index (κ2) is 7.45. The monoisotopic (exact) mass is 297 g/mol. The molecule has 5 nitrogen and oxygen atoms in total. The lowest BCUT2D eigenvalue weighted by molar-refractivity contribution is 0.123. The maximum atomic E-state index is 5.96. The van der Waals surface area contributed by atoms with Crippen molar-refractivity contribution in [1.29, 1.82) is 0 Å². The van der Waals surface area contributed by atoms with Crippen molar-refractivity contribution in [2.45, 2.75) is 32.2 Å². The summed E-state index contributed by atoms with van der Waals surface area (Å²) >= 11 is 5.96. The number of hydrogen-bond acceptors (Lipinski definition) is 4. The van der Waals surface area contributed by atoms with Crippen LogP contribution >= 0.6 is 11.6 Å². The van der Waals surface area contributed by atoms with Crippen molar-refractivity contribution in [2.24, 2.45) is 0 Å². The third-order valence-electron chi connectivity index (χ3n) is 3.08. The van der Waals surface area contributed by atoms with E-state index in [2.05, 4.69) is 16.9 Å². The van der Waals surface area contributed by atoms with Gasteiger partial charge in [-0.1, -0.05) is 13.3 Å². The summed E-state index contributed by atoms with van der Waals surface area (Å²) in [6, 6.07) is 3.70. The summed E-state index contributed by atoms with van der Waals surface area (Å²) in [4.78, 5) is 8.92. The van der Waals surface area contributed by atoms with Crippen molar-refractivity contribution in [3.05, 3.63) is 18.0 Å². The summed E-state index contributed by atoms with van der Waals surface area (Å²) in [5, 5.41) is 0. The molecule has 2 heterocycles. The third-order valence-corrected chi connectivity index (χ3v) is 3.31. The molecule has 0 aliphatic heterocycles. The molecule has 0 atom stereocenters. The van der Waals surface area contributed by atoms with E-state index in [4.69, 9.17) is 21.1 Å². The summed E-state index contributed by atoms with van der Waals surface area (Å²) in [7, 11) is 1.60. The van der Waals surface area contributed by atoms with E-state index < -0.39 is 0 Å². The van der Waals surface area contributed by atoms with Crippen LogP contribution in [0.25, 0.3) is 11.2 Å². The first-order chi connectivity index (χ1) is 9.80. The Kier molecular flexibility index (Phi) is 5.61. The fourth-order valence-corrected chi connectivity index (χ4v) is 2.19. The smallest absolute Gasteiger partial charge is 0.215 e. The molecular formula is C14H20ClN3O2. The van der Waals surface area contributed by atoms with Crippen LogP contribution in [0.1, 0.15) is 25.6 Å². The van der Waals surface area contributed by atoms with Crippen LogP contribution in [0.2, 0.25) is 0 Å². The fraction of sp³-hybridized carbons (Fsp3) is 0.571. The Balaban J connectivity index is 2.16. The highest BCUT2D eigenvalue weighted by molar-refractivity contribution is 6.16. The van der Waals surface area contributed by atoms with Gasteiger partial charge in [-0.3, -0.25) is 0 Å². The molecule has 0 spiro atoms. The van der Waals surface area contributed by atoms with Gasteiger partial charge in [0.05, 0.1) is 19.6 Å². The normalized spacial score (nSPS) is 11.2. The van der Waals surface area contributed by atoms with E-state index in [0.717, 1.165) is 36.4 Å². The molecule has 0 saturated heterocycles. The van der Waals surface area contributed by atoms with Crippen molar-refractivity contribution < 1.29 is 9.47 Å². The van der Waals surface area contributed by atoms with Gasteiger partial charge in [-0.2, -0.15) is 4.98 Å². The molecule has 0 aliphatic carbocycles. The Morgan fingerprint density at radius 3 is 2.80 bits per heavy atom. The number of nitrogens with zero attached hydrogens (tertiary/aromatic N) is 3. The average molecular weight is 298 g/mol. The summed E-state index contributed by atoms with van der Waals surface area (Å²) in [6.07, 6.45) is 2.22. The lowest BCUT2D eigenvalue weighted by Gasteiger charge is -2.08. The van der Waals surface area contributed by atoms with Gasteiger partial charge in [-0.05, 0) is 12.5 Å². The highest BCUT2D eigenvalue weighted by Crippen LogP contribution is 2.19. The van der Waals surface area contributed by atoms with Crippen molar-refractivity contribution in [3.63, 3.8) is 0 Å². The minimum absolute atomic E-state index is 0.355. The van der Waals surface area contributed by atoms with Crippen molar-refractivity contribution in [1.82, 2.24) is 14.5 Å². The molecule has 20 heavy (non-hydrogen) atoms. The van der Waals surface area contributed by atoms with E-state index in [-0.39, 0.29) is 0 Å². The van der Waals surface area contributed by atoms with Gasteiger partial charge in [0.1, 0.15) is 11.3 Å². The molecule has 0 aliphatic rings. The van der Waals surface area contributed by atoms with E-state index >= 15 is 0 Å². The first-order valence-electron chi connectivity index (χ1n) is 6.84. The van der Waals surface area contributed by atoms with Gasteiger partial charge in [-0.25, -0.2) is 4.98 Å². The number of methoxy groups -OCH3 is 1. The van der Waals surface area contributed by atoms with Gasteiger partial charge < -0.3 is 14.0 Å². The van der Waals surface area contributed by atoms with Crippen LogP contribution in [0, 0.1) is 0 Å². The number of halogens is 1. The molecule has 0 radical (unpaired) electrons. The first-order valence-corrected chi connectivity index (χ1v) is 7.37. The number of hydrogen-bond donors (Lipinski definition) is 0. The molecule has 0 bridgehead atoms. The van der Waals surface area contributed by atoms with Crippen molar-refractivity contribution in [2.75, 3.05) is 20.3 Å². The SMILES string of the molecule is CCCCOCCn1c(CCl)nc2ccc(OC)nc21. The van der Waals surface area contributed by atoms with Crippen LogP contribution in [0.5, 0.6) is 5.88 Å². The molecule has 2 aromatic heterocycles. The van der Waals surface area contributed by atoms with Gasteiger partial charge in [0.15, 0.2) is 5.65 Å². The number of fused-ring (bicyclic) bond motifs is 1. The second-order valence-electron chi connectivity index (χ2n) is 4.48. The maximum Gasteiger partial charge on any atom is 0.215 e. The lowest BCUT2D eigenvalue weighted by Crippen LogP contribution is -2.10. The molecule has 0 fully saturated rings. The summed E-state index contributed by atoms with van der Waals surface area (Å²) in [5.74, 6) is 1.74. The van der Waals surface area contributed by atoms with Crippen LogP contribution in [0.3, 0.4) is 0 Å². The standard InChI is InChI=1S/C14H20ClN3O2/c1-3-4-8-20-9-7-18-12(10-15)16-11-5-6-13(19-2)17-14(11)18/h5-6H,3-4,7-10H2,1-2H3. The van der Waals surface area contributed by atoms with Gasteiger partial charge in [-0.15, -0.1) is 11.6 Å². The van der Waals surface area contributed by atoms with E-state index in [1.807, 2.05) is 10.6 Å². The lowest BCUT2D eigenvalue weighted by atomic mass is 10.4. The molecule has 0 amide bonds. The molecule has 0 saturated carbocycles. The minimum Gasteiger partial charge on any atom is -0.481 e. The Labute approximate surface area is 123 Å². The fourth-order valence-electron chi connectivity index (χ4n) is 1.99. The number of ether oxygens (including phenoxy) is 2. The van der Waals surface area contributed by atoms with Gasteiger partial charge in [0, 0.05) is 19.2 Å². The van der Waals surface area contributed by atoms with Crippen LogP contribution < -0.4 is 4.74 Å². The van der Waals surface area contributed by atoms with E-state index in [9.17, 15) is 0 Å². The molecule has 0 N–H and O–H groups in total. The second-order valence-corrected chi connectivity index (χ2v) is 4.74. The van der Waals surface area contributed by atoms with E-state index in [0.29, 0.717) is 24.9 Å². The third kappa shape index (κ3) is 3.41. The number of pyridine rings is 1. The predicted octanol–water partition coefficient (Wildman–Crippen LogP) is 3.00. The first kappa shape index (κ1) is 15.1. The highest BCUT2D eigenvalue weighted by atomic mass is 35.5. The number of aromatic nitrogens is 3. The molecule has 0 aromatic carbocycles. The topological polar surface area (TPSA) is 49.2 Å². The summed E-state index contributed by atoms with van der Waals surface area (Å²) in [6.45, 7) is 4.27. The van der Waals surface area contributed by atoms with Crippen molar-refractivity contribution >= 4 is 22.8 Å². The zero-order valence-corrected chi connectivity index (χ0v) is 12.7. The van der Waals surface area contributed by atoms with Crippen LogP contribution in [-0.2, 0) is 17.2 Å². The molecule has 6 heteroatoms. The number of rotatable bonds is 8. The summed E-state index contributed by atoms with van der Waals surface area (Å²) < 4.78 is 12.8. The van der Waals surface area contributed by atoms with Crippen LogP contribution in [0.15, 0.2) is 12.1 Å². The zero-order chi connectivity index (χ0) is 14.4. The Morgan fingerprint density at radius 2 is 2.10 bits per heavy atom. The van der Waals surface area contributed by atoms with Gasteiger partial charge in [0.2, 0.25) is 5.88 Å². The van der Waals surface area contributed by atoms with Gasteiger partial charge >= 0.3 is 0 Å². The van der Waals surface area contributed by atoms with E-state index in [1.54, 1.807) is 13.2 Å². The molecule has 2 aromatic rings. The number of unbranched alkanes of at least 4 members (excludes halogenated alkanes) is 1. The quantitative estimate of drug-likeness (QED) is 0.555. The molecule has 0 unspecified atom stereocenters. The van der Waals surface area contributed by atoms with E-state index in [1.165, 1.54) is 0 Å². The average Bonchev–Trinajstić information content (AvgIpc) is 2.84.